The molecule has 0 spiro atoms. The van der Waals surface area contributed by atoms with E-state index in [0.717, 1.165) is 0 Å². The van der Waals surface area contributed by atoms with Crippen molar-refractivity contribution in [2.45, 2.75) is 0 Å². The Balaban J connectivity index is 1.50. The number of benzene rings is 7. The van der Waals surface area contributed by atoms with E-state index in [2.05, 4.69) is 11.6 Å². The van der Waals surface area contributed by atoms with Crippen LogP contribution in [0.25, 0.3) is 0 Å². The van der Waals surface area contributed by atoms with E-state index in [1.165, 1.54) is 13.8 Å². The van der Waals surface area contributed by atoms with Crippen LogP contribution in [-0.2, 0) is 0 Å². The minimum atomic E-state index is -5.04. The van der Waals surface area contributed by atoms with E-state index in [4.69, 9.17) is 37.1 Å². The number of rotatable bonds is 14. The van der Waals surface area contributed by atoms with E-state index < -0.39 is 32.1 Å². The summed E-state index contributed by atoms with van der Waals surface area (Å²) in [5.41, 5.74) is 0. The van der Waals surface area contributed by atoms with Crippen molar-refractivity contribution in [2.75, 3.05) is 0 Å². The van der Waals surface area contributed by atoms with Gasteiger partial charge in [0, 0.05) is 0 Å². The van der Waals surface area contributed by atoms with Crippen LogP contribution in [-0.4, -0.2) is 13.8 Å². The third-order valence-electron chi connectivity index (χ3n) is 8.33. The molecule has 1 heterocycles. The van der Waals surface area contributed by atoms with E-state index >= 15 is 0 Å². The molecule has 304 valence electrons. The van der Waals surface area contributed by atoms with Crippen molar-refractivity contribution in [1.82, 2.24) is 13.8 Å². The number of hydrogen-bond acceptors (Lipinski definition) is 13. The van der Waals surface area contributed by atoms with E-state index in [1.54, 1.807) is 133 Å². The fourth-order valence-electron chi connectivity index (χ4n) is 5.58. The standard InChI is InChI=1S/C44H36N6O7P4/c45-36-60(56-43-32-18-6-19-33-43)47-58(54-41-28-14-4-15-29-41)48(51-38-22-8-1-9-23-38)59(55-42-30-16-5-17-31-42)49(52-39-24-10-2-11-25-39)61(37-46,57-44-34-20-7-21-35-44)50(60)53-40-26-12-3-13-27-40/h1-35,61H. The molecule has 7 aromatic carbocycles. The summed E-state index contributed by atoms with van der Waals surface area (Å²) in [4.78, 5) is 20.6. The van der Waals surface area contributed by atoms with Crippen molar-refractivity contribution in [3.05, 3.63) is 212 Å². The summed E-state index contributed by atoms with van der Waals surface area (Å²) in [5, 5.41) is 23.9. The van der Waals surface area contributed by atoms with Gasteiger partial charge in [0.1, 0.15) is 0 Å². The number of hydrogen-bond donors (Lipinski definition) is 0. The van der Waals surface area contributed by atoms with Gasteiger partial charge >= 0.3 is 358 Å². The Labute approximate surface area is 356 Å². The Morgan fingerprint density at radius 1 is 0.459 bits per heavy atom. The summed E-state index contributed by atoms with van der Waals surface area (Å²) < 4.78 is 36.9. The third-order valence-corrected chi connectivity index (χ3v) is 19.0. The van der Waals surface area contributed by atoms with Gasteiger partial charge in [-0.25, -0.2) is 0 Å². The zero-order chi connectivity index (χ0) is 41.7. The summed E-state index contributed by atoms with van der Waals surface area (Å²) in [6.07, 6.45) is 0. The zero-order valence-electron chi connectivity index (χ0n) is 32.1. The maximum absolute atomic E-state index is 12.1. The first-order valence-corrected chi connectivity index (χ1v) is 24.4. The Bertz CT molecular complexity index is 2610. The van der Waals surface area contributed by atoms with Gasteiger partial charge in [0.2, 0.25) is 0 Å². The molecule has 3 atom stereocenters. The van der Waals surface area contributed by atoms with Gasteiger partial charge in [-0.05, 0) is 0 Å². The van der Waals surface area contributed by atoms with Crippen LogP contribution < -0.4 is 32.6 Å². The molecule has 0 saturated carbocycles. The van der Waals surface area contributed by atoms with Crippen molar-refractivity contribution in [2.24, 2.45) is 4.52 Å². The summed E-state index contributed by atoms with van der Waals surface area (Å²) in [7, 11) is -14.6. The SMILES string of the molecule is N#CP1(Oc2ccccc2)=NP(Oc2ccccc2)N(Oc2ccccc2)P(Oc2ccccc2)N(Oc2ccccc2)[PH](C#N)(Oc2ccccc2)N1Oc1ccccc1. The molecule has 13 nitrogen and oxygen atoms in total. The first-order valence-electron chi connectivity index (χ1n) is 18.7. The molecule has 0 amide bonds. The van der Waals surface area contributed by atoms with E-state index in [0.29, 0.717) is 23.0 Å². The fourth-order valence-corrected chi connectivity index (χ4v) is 17.3. The summed E-state index contributed by atoms with van der Waals surface area (Å²) in [6, 6.07) is 62.0. The molecule has 0 N–H and O–H groups in total. The average Bonchev–Trinajstić information content (AvgIpc) is 3.32. The molecular formula is C44H36N6O7P4. The monoisotopic (exact) mass is 884 g/mol. The van der Waals surface area contributed by atoms with Crippen molar-refractivity contribution in [1.29, 1.82) is 10.5 Å². The minimum absolute atomic E-state index is 0.247. The first kappa shape index (κ1) is 41.3. The quantitative estimate of drug-likeness (QED) is 0.0962. The molecule has 7 aromatic rings. The average molecular weight is 885 g/mol. The molecule has 0 saturated heterocycles. The van der Waals surface area contributed by atoms with Gasteiger partial charge in [-0.3, -0.25) is 0 Å². The Morgan fingerprint density at radius 3 is 1.31 bits per heavy atom. The first-order chi connectivity index (χ1) is 30.1. The number of nitriles is 2. The van der Waals surface area contributed by atoms with Gasteiger partial charge in [-0.2, -0.15) is 0 Å². The fraction of sp³-hybridized carbons (Fsp3) is 0. The summed E-state index contributed by atoms with van der Waals surface area (Å²) in [6.45, 7) is 0. The number of para-hydroxylation sites is 7. The van der Waals surface area contributed by atoms with Crippen LogP contribution in [0.1, 0.15) is 0 Å². The van der Waals surface area contributed by atoms with Crippen molar-refractivity contribution in [3.63, 3.8) is 0 Å². The van der Waals surface area contributed by atoms with Gasteiger partial charge in [-0.1, -0.05) is 0 Å². The van der Waals surface area contributed by atoms with Crippen molar-refractivity contribution < 1.29 is 32.6 Å². The predicted molar refractivity (Wildman–Crippen MR) is 238 cm³/mol. The second-order valence-electron chi connectivity index (χ2n) is 12.6. The molecule has 0 bridgehead atoms. The van der Waals surface area contributed by atoms with Crippen LogP contribution in [0.3, 0.4) is 0 Å². The molecule has 1 aliphatic rings. The number of nitrogens with zero attached hydrogens (tertiary/aromatic N) is 6. The van der Waals surface area contributed by atoms with Gasteiger partial charge < -0.3 is 0 Å². The van der Waals surface area contributed by atoms with Crippen LogP contribution in [0.2, 0.25) is 0 Å². The van der Waals surface area contributed by atoms with E-state index in [1.807, 2.05) is 78.9 Å². The van der Waals surface area contributed by atoms with Crippen LogP contribution in [0.5, 0.6) is 40.2 Å². The Kier molecular flexibility index (Phi) is 13.3. The van der Waals surface area contributed by atoms with E-state index in [-0.39, 0.29) is 17.2 Å². The van der Waals surface area contributed by atoms with Crippen LogP contribution in [0.4, 0.5) is 0 Å². The molecule has 61 heavy (non-hydrogen) atoms. The predicted octanol–water partition coefficient (Wildman–Crippen LogP) is 13.1. The molecular weight excluding hydrogens is 848 g/mol. The molecule has 8 rings (SSSR count). The van der Waals surface area contributed by atoms with E-state index in [9.17, 15) is 10.5 Å². The molecule has 1 aliphatic heterocycles. The summed E-state index contributed by atoms with van der Waals surface area (Å²) in [5.74, 6) is 7.07. The second kappa shape index (κ2) is 19.7. The second-order valence-corrected chi connectivity index (χ2v) is 21.1. The molecule has 0 aliphatic carbocycles. The van der Waals surface area contributed by atoms with Gasteiger partial charge in [-0.15, -0.1) is 0 Å². The molecule has 0 aromatic heterocycles. The Morgan fingerprint density at radius 2 is 0.852 bits per heavy atom. The van der Waals surface area contributed by atoms with Gasteiger partial charge in [0.05, 0.1) is 0 Å². The van der Waals surface area contributed by atoms with Gasteiger partial charge in [0.15, 0.2) is 0 Å². The molecule has 0 radical (unpaired) electrons. The summed E-state index contributed by atoms with van der Waals surface area (Å²) >= 11 is 0. The molecule has 17 heteroatoms. The van der Waals surface area contributed by atoms with Crippen LogP contribution >= 0.6 is 32.1 Å². The van der Waals surface area contributed by atoms with Crippen molar-refractivity contribution >= 4 is 32.1 Å². The van der Waals surface area contributed by atoms with Gasteiger partial charge in [0.25, 0.3) is 0 Å². The van der Waals surface area contributed by atoms with Crippen LogP contribution in [0.15, 0.2) is 217 Å². The third kappa shape index (κ3) is 9.78. The molecule has 0 fully saturated rings. The zero-order valence-corrected chi connectivity index (χ0v) is 35.8. The topological polar surface area (TPSA) is 134 Å². The maximum atomic E-state index is 12.1. The normalized spacial score (nSPS) is 19.4. The van der Waals surface area contributed by atoms with Crippen molar-refractivity contribution in [3.8, 4) is 51.9 Å². The molecule has 3 unspecified atom stereocenters. The Hall–Kier alpha value is -6.48. The van der Waals surface area contributed by atoms with Crippen LogP contribution in [0, 0.1) is 22.1 Å².